The molecule has 3 rings (SSSR count). The first-order valence-corrected chi connectivity index (χ1v) is 8.84. The van der Waals surface area contributed by atoms with Crippen LogP contribution < -0.4 is 19.5 Å². The number of fused-ring (bicyclic) bond motifs is 1. The van der Waals surface area contributed by atoms with E-state index in [1.54, 1.807) is 18.2 Å². The molecule has 1 amide bonds. The Morgan fingerprint density at radius 3 is 2.46 bits per heavy atom. The van der Waals surface area contributed by atoms with Gasteiger partial charge in [-0.1, -0.05) is 39.8 Å². The van der Waals surface area contributed by atoms with Crippen LogP contribution in [0.25, 0.3) is 0 Å². The number of rotatable bonds is 5. The summed E-state index contributed by atoms with van der Waals surface area (Å²) in [5, 5.41) is 2.88. The molecule has 0 spiro atoms. The topological polar surface area (TPSA) is 56.8 Å². The van der Waals surface area contributed by atoms with Crippen LogP contribution in [0.1, 0.15) is 39.7 Å². The number of hydrogen-bond acceptors (Lipinski definition) is 4. The van der Waals surface area contributed by atoms with Crippen LogP contribution in [0.5, 0.6) is 17.2 Å². The molecule has 5 heteroatoms. The highest BCUT2D eigenvalue weighted by Gasteiger charge is 2.21. The molecule has 0 aliphatic carbocycles. The van der Waals surface area contributed by atoms with Crippen molar-refractivity contribution < 1.29 is 19.0 Å². The van der Waals surface area contributed by atoms with Crippen LogP contribution in [-0.4, -0.2) is 18.8 Å². The number of benzene rings is 2. The van der Waals surface area contributed by atoms with Gasteiger partial charge in [0.05, 0.1) is 0 Å². The van der Waals surface area contributed by atoms with Crippen molar-refractivity contribution in [3.8, 4) is 17.2 Å². The Bertz CT molecular complexity index is 778. The van der Waals surface area contributed by atoms with Crippen molar-refractivity contribution in [1.29, 1.82) is 0 Å². The van der Waals surface area contributed by atoms with Gasteiger partial charge in [0, 0.05) is 11.8 Å². The molecular formula is C21H25NO4. The van der Waals surface area contributed by atoms with Crippen LogP contribution in [0, 0.1) is 0 Å². The number of hydrogen-bond donors (Lipinski definition) is 1. The molecule has 5 nitrogen and oxygen atoms in total. The van der Waals surface area contributed by atoms with Gasteiger partial charge in [0.15, 0.2) is 17.6 Å². The number of amides is 1. The zero-order valence-electron chi connectivity index (χ0n) is 15.7. The molecule has 1 N–H and O–H groups in total. The van der Waals surface area contributed by atoms with E-state index in [1.807, 2.05) is 31.2 Å². The Hall–Kier alpha value is -2.69. The minimum absolute atomic E-state index is 0.0828. The van der Waals surface area contributed by atoms with E-state index in [4.69, 9.17) is 14.2 Å². The molecule has 1 atom stereocenters. The van der Waals surface area contributed by atoms with Crippen molar-refractivity contribution in [3.63, 3.8) is 0 Å². The third kappa shape index (κ3) is 4.10. The highest BCUT2D eigenvalue weighted by Crippen LogP contribution is 2.34. The Labute approximate surface area is 154 Å². The first-order chi connectivity index (χ1) is 12.4. The third-order valence-corrected chi connectivity index (χ3v) is 4.30. The highest BCUT2D eigenvalue weighted by molar-refractivity contribution is 5.94. The van der Waals surface area contributed by atoms with E-state index >= 15 is 0 Å². The molecule has 0 unspecified atom stereocenters. The Balaban J connectivity index is 1.65. The third-order valence-electron chi connectivity index (χ3n) is 4.30. The lowest BCUT2D eigenvalue weighted by Gasteiger charge is -2.21. The van der Waals surface area contributed by atoms with Gasteiger partial charge >= 0.3 is 0 Å². The molecule has 0 saturated carbocycles. The highest BCUT2D eigenvalue weighted by atomic mass is 16.7. The van der Waals surface area contributed by atoms with E-state index < -0.39 is 6.10 Å². The van der Waals surface area contributed by atoms with Crippen molar-refractivity contribution >= 4 is 11.6 Å². The number of carbonyl (C=O) groups excluding carboxylic acids is 1. The Morgan fingerprint density at radius 2 is 1.81 bits per heavy atom. The Kier molecular flexibility index (Phi) is 5.07. The fourth-order valence-electron chi connectivity index (χ4n) is 2.72. The predicted octanol–water partition coefficient (Wildman–Crippen LogP) is 4.51. The number of anilines is 1. The van der Waals surface area contributed by atoms with Crippen LogP contribution in [0.4, 0.5) is 5.69 Å². The van der Waals surface area contributed by atoms with Crippen molar-refractivity contribution in [3.05, 3.63) is 48.0 Å². The second kappa shape index (κ2) is 7.28. The number of ether oxygens (including phenoxy) is 3. The Morgan fingerprint density at radius 1 is 1.12 bits per heavy atom. The summed E-state index contributed by atoms with van der Waals surface area (Å²) in [5.74, 6) is 1.82. The lowest BCUT2D eigenvalue weighted by Crippen LogP contribution is -2.32. The van der Waals surface area contributed by atoms with Crippen LogP contribution in [0.2, 0.25) is 0 Å². The zero-order valence-corrected chi connectivity index (χ0v) is 15.7. The van der Waals surface area contributed by atoms with Crippen LogP contribution in [-0.2, 0) is 10.2 Å². The van der Waals surface area contributed by atoms with Crippen molar-refractivity contribution in [1.82, 2.24) is 0 Å². The minimum Gasteiger partial charge on any atom is -0.481 e. The van der Waals surface area contributed by atoms with Gasteiger partial charge in [-0.15, -0.1) is 0 Å². The molecule has 2 aromatic carbocycles. The lowest BCUT2D eigenvalue weighted by atomic mass is 9.87. The fraction of sp³-hybridized carbons (Fsp3) is 0.381. The second-order valence-electron chi connectivity index (χ2n) is 7.35. The average molecular weight is 355 g/mol. The van der Waals surface area contributed by atoms with Gasteiger partial charge in [0.25, 0.3) is 5.91 Å². The van der Waals surface area contributed by atoms with Crippen LogP contribution in [0.15, 0.2) is 42.5 Å². The van der Waals surface area contributed by atoms with Gasteiger partial charge in [0.2, 0.25) is 6.79 Å². The van der Waals surface area contributed by atoms with Gasteiger partial charge in [-0.3, -0.25) is 4.79 Å². The maximum Gasteiger partial charge on any atom is 0.265 e. The summed E-state index contributed by atoms with van der Waals surface area (Å²) in [5.41, 5.74) is 1.96. The van der Waals surface area contributed by atoms with E-state index in [2.05, 4.69) is 26.1 Å². The molecule has 2 aromatic rings. The molecule has 0 saturated heterocycles. The van der Waals surface area contributed by atoms with Crippen LogP contribution >= 0.6 is 0 Å². The van der Waals surface area contributed by atoms with Crippen molar-refractivity contribution in [2.24, 2.45) is 0 Å². The lowest BCUT2D eigenvalue weighted by molar-refractivity contribution is -0.122. The summed E-state index contributed by atoms with van der Waals surface area (Å²) in [6.45, 7) is 8.62. The normalized spacial score (nSPS) is 14.0. The van der Waals surface area contributed by atoms with E-state index in [1.165, 1.54) is 5.56 Å². The van der Waals surface area contributed by atoms with E-state index in [-0.39, 0.29) is 18.1 Å². The quantitative estimate of drug-likeness (QED) is 0.857. The first kappa shape index (κ1) is 18.1. The molecular weight excluding hydrogens is 330 g/mol. The SMILES string of the molecule is CC[C@H](Oc1ccc(C(C)(C)C)cc1)C(=O)Nc1ccc2c(c1)OCO2. The van der Waals surface area contributed by atoms with E-state index in [0.717, 1.165) is 0 Å². The smallest absolute Gasteiger partial charge is 0.265 e. The van der Waals surface area contributed by atoms with Gasteiger partial charge in [-0.05, 0) is 41.7 Å². The van der Waals surface area contributed by atoms with Gasteiger partial charge < -0.3 is 19.5 Å². The standard InChI is InChI=1S/C21H25NO4/c1-5-17(26-16-9-6-14(7-10-16)21(2,3)4)20(23)22-15-8-11-18-19(12-15)25-13-24-18/h6-12,17H,5,13H2,1-4H3,(H,22,23)/t17-/m0/s1. The molecule has 1 aliphatic rings. The monoisotopic (exact) mass is 355 g/mol. The van der Waals surface area contributed by atoms with Crippen molar-refractivity contribution in [2.75, 3.05) is 12.1 Å². The average Bonchev–Trinajstić information content (AvgIpc) is 3.07. The zero-order chi connectivity index (χ0) is 18.7. The maximum atomic E-state index is 12.6. The summed E-state index contributed by atoms with van der Waals surface area (Å²) in [7, 11) is 0. The van der Waals surface area contributed by atoms with Crippen molar-refractivity contribution in [2.45, 2.75) is 45.6 Å². The predicted molar refractivity (Wildman–Crippen MR) is 101 cm³/mol. The molecule has 0 bridgehead atoms. The molecule has 0 aromatic heterocycles. The molecule has 1 heterocycles. The largest absolute Gasteiger partial charge is 0.481 e. The van der Waals surface area contributed by atoms with Gasteiger partial charge in [-0.2, -0.15) is 0 Å². The molecule has 1 aliphatic heterocycles. The second-order valence-corrected chi connectivity index (χ2v) is 7.35. The number of carbonyl (C=O) groups is 1. The maximum absolute atomic E-state index is 12.6. The summed E-state index contributed by atoms with van der Waals surface area (Å²) < 4.78 is 16.5. The van der Waals surface area contributed by atoms with E-state index in [9.17, 15) is 4.79 Å². The molecule has 0 radical (unpaired) electrons. The van der Waals surface area contributed by atoms with Gasteiger partial charge in [0.1, 0.15) is 5.75 Å². The molecule has 138 valence electrons. The molecule has 26 heavy (non-hydrogen) atoms. The number of nitrogens with one attached hydrogen (secondary N) is 1. The summed E-state index contributed by atoms with van der Waals surface area (Å²) in [4.78, 5) is 12.6. The first-order valence-electron chi connectivity index (χ1n) is 8.84. The summed E-state index contributed by atoms with van der Waals surface area (Å²) >= 11 is 0. The molecule has 0 fully saturated rings. The minimum atomic E-state index is -0.569. The summed E-state index contributed by atoms with van der Waals surface area (Å²) in [6.07, 6.45) is -0.00173. The summed E-state index contributed by atoms with van der Waals surface area (Å²) in [6, 6.07) is 13.2. The van der Waals surface area contributed by atoms with Gasteiger partial charge in [-0.25, -0.2) is 0 Å². The fourth-order valence-corrected chi connectivity index (χ4v) is 2.72. The van der Waals surface area contributed by atoms with Crippen LogP contribution in [0.3, 0.4) is 0 Å². The van der Waals surface area contributed by atoms with E-state index in [0.29, 0.717) is 29.4 Å².